The number of ketones is 1. The van der Waals surface area contributed by atoms with E-state index in [2.05, 4.69) is 4.99 Å². The number of aromatic nitrogens is 2. The van der Waals surface area contributed by atoms with Gasteiger partial charge in [0.05, 0.1) is 16.5 Å². The summed E-state index contributed by atoms with van der Waals surface area (Å²) in [5.41, 5.74) is -1.67. The Labute approximate surface area is 203 Å². The molecular formula is C25H24F3N3O3S. The van der Waals surface area contributed by atoms with Crippen LogP contribution in [-0.2, 0) is 26.2 Å². The van der Waals surface area contributed by atoms with Gasteiger partial charge in [0, 0.05) is 43.2 Å². The molecule has 0 fully saturated rings. The first-order valence-electron chi connectivity index (χ1n) is 11.2. The number of alkyl halides is 3. The lowest BCUT2D eigenvalue weighted by molar-refractivity contribution is -0.138. The number of carbonyl (C=O) groups is 1. The zero-order chi connectivity index (χ0) is 25.5. The molecule has 0 radical (unpaired) electrons. The molecule has 0 unspecified atom stereocenters. The maximum absolute atomic E-state index is 13.7. The van der Waals surface area contributed by atoms with E-state index in [1.807, 2.05) is 13.8 Å². The number of aliphatic imine (C=N–C) groups is 1. The molecule has 3 heterocycles. The van der Waals surface area contributed by atoms with Crippen LogP contribution in [0.2, 0.25) is 0 Å². The van der Waals surface area contributed by atoms with Gasteiger partial charge in [0.25, 0.3) is 5.56 Å². The van der Waals surface area contributed by atoms with Crippen LogP contribution in [0.1, 0.15) is 46.6 Å². The number of rotatable bonds is 6. The maximum atomic E-state index is 13.7. The van der Waals surface area contributed by atoms with Crippen molar-refractivity contribution >= 4 is 33.6 Å². The van der Waals surface area contributed by atoms with Gasteiger partial charge in [-0.05, 0) is 24.0 Å². The lowest BCUT2D eigenvalue weighted by Gasteiger charge is -2.13. The lowest BCUT2D eigenvalue weighted by atomic mass is 9.96. The highest BCUT2D eigenvalue weighted by atomic mass is 32.1. The van der Waals surface area contributed by atoms with Crippen molar-refractivity contribution in [1.29, 1.82) is 0 Å². The van der Waals surface area contributed by atoms with Crippen LogP contribution in [-0.4, -0.2) is 27.7 Å². The van der Waals surface area contributed by atoms with Gasteiger partial charge in [-0.2, -0.15) is 13.2 Å². The fourth-order valence-electron chi connectivity index (χ4n) is 4.20. The molecular weight excluding hydrogens is 479 g/mol. The van der Waals surface area contributed by atoms with Gasteiger partial charge in [-0.1, -0.05) is 38.1 Å². The van der Waals surface area contributed by atoms with Crippen LogP contribution in [0, 0.1) is 5.92 Å². The minimum atomic E-state index is -4.58. The van der Waals surface area contributed by atoms with Gasteiger partial charge in [-0.15, -0.1) is 11.3 Å². The second-order valence-corrected chi connectivity index (χ2v) is 9.96. The number of benzene rings is 1. The third-order valence-electron chi connectivity index (χ3n) is 5.81. The average Bonchev–Trinajstić information content (AvgIpc) is 3.19. The fourth-order valence-corrected chi connectivity index (χ4v) is 5.51. The van der Waals surface area contributed by atoms with Crippen molar-refractivity contribution in [3.8, 4) is 0 Å². The number of carbonyl (C=O) groups excluding carboxylic acids is 1. The lowest BCUT2D eigenvalue weighted by Crippen LogP contribution is -2.38. The first-order chi connectivity index (χ1) is 16.5. The molecule has 0 amide bonds. The summed E-state index contributed by atoms with van der Waals surface area (Å²) in [4.78, 5) is 44.6. The molecule has 0 atom stereocenters. The Morgan fingerprint density at radius 2 is 1.91 bits per heavy atom. The largest absolute Gasteiger partial charge is 0.416 e. The summed E-state index contributed by atoms with van der Waals surface area (Å²) in [6, 6.07) is 5.17. The highest BCUT2D eigenvalue weighted by Gasteiger charge is 2.34. The second-order valence-electron chi connectivity index (χ2n) is 8.88. The van der Waals surface area contributed by atoms with E-state index in [0.717, 1.165) is 22.0 Å². The molecule has 1 aromatic carbocycles. The van der Waals surface area contributed by atoms with Gasteiger partial charge in [0.1, 0.15) is 4.83 Å². The molecule has 35 heavy (non-hydrogen) atoms. The van der Waals surface area contributed by atoms with Crippen molar-refractivity contribution in [2.24, 2.45) is 18.0 Å². The van der Waals surface area contributed by atoms with Crippen LogP contribution < -0.4 is 11.2 Å². The first-order valence-corrected chi connectivity index (χ1v) is 12.0. The Hall–Kier alpha value is -3.27. The van der Waals surface area contributed by atoms with Crippen LogP contribution in [0.3, 0.4) is 0 Å². The van der Waals surface area contributed by atoms with Crippen molar-refractivity contribution in [2.45, 2.75) is 39.4 Å². The number of Topliss-reactive ketones (excluding diaryl/α,β-unsaturated/α-hetero) is 1. The predicted molar refractivity (Wildman–Crippen MR) is 131 cm³/mol. The second kappa shape index (κ2) is 9.41. The van der Waals surface area contributed by atoms with Gasteiger partial charge in [-0.3, -0.25) is 23.7 Å². The molecule has 10 heteroatoms. The van der Waals surface area contributed by atoms with E-state index < -0.39 is 28.8 Å². The van der Waals surface area contributed by atoms with Crippen LogP contribution in [0.4, 0.5) is 13.2 Å². The van der Waals surface area contributed by atoms with Gasteiger partial charge in [0.15, 0.2) is 5.78 Å². The standard InChI is InChI=1S/C25H24F3N3O3S/c1-14(2)13-31-23-20(22(33)30(3)24(31)34)19(21(32)16-8-6-10-29-12-16)18(35-23)11-15-7-4-5-9-17(15)25(26,27)28/h4-5,7-9,12,14H,6,10-11,13H2,1-3H3. The molecule has 184 valence electrons. The number of halogens is 3. The molecule has 1 aliphatic rings. The van der Waals surface area contributed by atoms with Gasteiger partial charge >= 0.3 is 11.9 Å². The highest BCUT2D eigenvalue weighted by molar-refractivity contribution is 7.19. The van der Waals surface area contributed by atoms with Crippen LogP contribution >= 0.6 is 11.3 Å². The Balaban J connectivity index is 2.04. The van der Waals surface area contributed by atoms with Crippen LogP contribution in [0.25, 0.3) is 10.2 Å². The Bertz CT molecular complexity index is 1490. The zero-order valence-corrected chi connectivity index (χ0v) is 20.3. The summed E-state index contributed by atoms with van der Waals surface area (Å²) in [6.07, 6.45) is -1.11. The predicted octanol–water partition coefficient (Wildman–Crippen LogP) is 4.61. The van der Waals surface area contributed by atoms with Crippen LogP contribution in [0.5, 0.6) is 0 Å². The minimum Gasteiger partial charge on any atom is -0.292 e. The SMILES string of the molecule is CC(C)Cn1c(=O)n(C)c(=O)c2c(C(=O)C3=CCCN=C3)c(Cc3ccccc3C(F)(F)F)sc21. The summed E-state index contributed by atoms with van der Waals surface area (Å²) in [7, 11) is 1.34. The van der Waals surface area contributed by atoms with Crippen LogP contribution in [0.15, 0.2) is 50.5 Å². The smallest absolute Gasteiger partial charge is 0.292 e. The number of nitrogens with zero attached hydrogens (tertiary/aromatic N) is 3. The molecule has 2 aromatic heterocycles. The molecule has 0 saturated carbocycles. The van der Waals surface area contributed by atoms with E-state index in [1.54, 1.807) is 6.08 Å². The summed E-state index contributed by atoms with van der Waals surface area (Å²) >= 11 is 1.03. The number of fused-ring (bicyclic) bond motifs is 1. The van der Waals surface area contributed by atoms with Gasteiger partial charge < -0.3 is 0 Å². The monoisotopic (exact) mass is 503 g/mol. The number of hydrogen-bond donors (Lipinski definition) is 0. The first kappa shape index (κ1) is 24.8. The molecule has 0 saturated heterocycles. The van der Waals surface area contributed by atoms with E-state index in [0.29, 0.717) is 29.2 Å². The summed E-state index contributed by atoms with van der Waals surface area (Å²) in [6.45, 7) is 4.64. The molecule has 0 spiro atoms. The quantitative estimate of drug-likeness (QED) is 0.461. The Kier molecular flexibility index (Phi) is 6.68. The van der Waals surface area contributed by atoms with Gasteiger partial charge in [-0.25, -0.2) is 4.79 Å². The average molecular weight is 504 g/mol. The van der Waals surface area contributed by atoms with Crippen molar-refractivity contribution in [1.82, 2.24) is 9.13 Å². The number of allylic oxidation sites excluding steroid dienone is 1. The van der Waals surface area contributed by atoms with Crippen molar-refractivity contribution in [3.63, 3.8) is 0 Å². The normalized spacial score (nSPS) is 14.1. The van der Waals surface area contributed by atoms with Crippen molar-refractivity contribution in [3.05, 3.63) is 78.3 Å². The fraction of sp³-hybridized carbons (Fsp3) is 0.360. The molecule has 4 rings (SSSR count). The van der Waals surface area contributed by atoms with Crippen molar-refractivity contribution < 1.29 is 18.0 Å². The van der Waals surface area contributed by atoms with E-state index in [1.165, 1.54) is 36.0 Å². The molecule has 0 aliphatic carbocycles. The number of dihydropyridines is 1. The summed E-state index contributed by atoms with van der Waals surface area (Å²) in [5, 5.41) is 0.0575. The van der Waals surface area contributed by atoms with E-state index >= 15 is 0 Å². The molecule has 0 bridgehead atoms. The third kappa shape index (κ3) is 4.67. The molecule has 1 aliphatic heterocycles. The molecule has 0 N–H and O–H groups in total. The number of hydrogen-bond acceptors (Lipinski definition) is 5. The minimum absolute atomic E-state index is 0.0125. The Morgan fingerprint density at radius 1 is 1.20 bits per heavy atom. The van der Waals surface area contributed by atoms with E-state index in [9.17, 15) is 27.6 Å². The van der Waals surface area contributed by atoms with Crippen molar-refractivity contribution in [2.75, 3.05) is 6.54 Å². The molecule has 6 nitrogen and oxygen atoms in total. The Morgan fingerprint density at radius 3 is 2.54 bits per heavy atom. The molecule has 3 aromatic rings. The van der Waals surface area contributed by atoms with E-state index in [-0.39, 0.29) is 34.4 Å². The zero-order valence-electron chi connectivity index (χ0n) is 19.5. The summed E-state index contributed by atoms with van der Waals surface area (Å²) in [5.74, 6) is -0.428. The highest BCUT2D eigenvalue weighted by Crippen LogP contribution is 2.37. The topological polar surface area (TPSA) is 73.4 Å². The van der Waals surface area contributed by atoms with Gasteiger partial charge in [0.2, 0.25) is 0 Å². The maximum Gasteiger partial charge on any atom is 0.416 e. The summed E-state index contributed by atoms with van der Waals surface area (Å²) < 4.78 is 43.5. The van der Waals surface area contributed by atoms with E-state index in [4.69, 9.17) is 0 Å². The number of thiophene rings is 1. The third-order valence-corrected chi connectivity index (χ3v) is 7.02.